The molecule has 3 aromatic carbocycles. The van der Waals surface area contributed by atoms with Gasteiger partial charge in [-0.25, -0.2) is 8.78 Å². The third kappa shape index (κ3) is 4.96. The number of amides is 2. The maximum absolute atomic E-state index is 14.6. The summed E-state index contributed by atoms with van der Waals surface area (Å²) in [5.74, 6) is -0.756. The van der Waals surface area contributed by atoms with Crippen molar-refractivity contribution in [2.75, 3.05) is 31.6 Å². The van der Waals surface area contributed by atoms with Crippen molar-refractivity contribution < 1.29 is 27.8 Å². The zero-order valence-corrected chi connectivity index (χ0v) is 18.9. The number of nitrogens with one attached hydrogen (secondary N) is 1. The molecule has 8 heteroatoms. The molecule has 3 aromatic rings. The van der Waals surface area contributed by atoms with Crippen LogP contribution in [0.1, 0.15) is 23.2 Å². The van der Waals surface area contributed by atoms with E-state index in [1.165, 1.54) is 18.2 Å². The number of carbonyl (C=O) groups is 2. The van der Waals surface area contributed by atoms with Crippen LogP contribution < -0.4 is 14.8 Å². The molecule has 2 heterocycles. The highest BCUT2D eigenvalue weighted by Gasteiger charge is 2.28. The lowest BCUT2D eigenvalue weighted by molar-refractivity contribution is -0.118. The SMILES string of the molecule is O=C1COc2cc(F)c(C(=O)N3CCC(COc4ccc(F)cc4-c4ccccc4)CC3)cc2N1. The number of piperidine rings is 1. The minimum Gasteiger partial charge on any atom is -0.493 e. The maximum Gasteiger partial charge on any atom is 0.262 e. The van der Waals surface area contributed by atoms with Gasteiger partial charge in [0, 0.05) is 24.7 Å². The van der Waals surface area contributed by atoms with Crippen molar-refractivity contribution >= 4 is 17.5 Å². The number of nitrogens with zero attached hydrogens (tertiary/aromatic N) is 1. The minimum absolute atomic E-state index is 0.0944. The van der Waals surface area contributed by atoms with E-state index in [4.69, 9.17) is 9.47 Å². The fourth-order valence-electron chi connectivity index (χ4n) is 4.42. The van der Waals surface area contributed by atoms with Gasteiger partial charge in [0.15, 0.2) is 6.61 Å². The molecule has 180 valence electrons. The second-order valence-corrected chi connectivity index (χ2v) is 8.72. The number of hydrogen-bond acceptors (Lipinski definition) is 4. The summed E-state index contributed by atoms with van der Waals surface area (Å²) < 4.78 is 39.7. The third-order valence-corrected chi connectivity index (χ3v) is 6.34. The first-order valence-electron chi connectivity index (χ1n) is 11.5. The van der Waals surface area contributed by atoms with Gasteiger partial charge in [-0.3, -0.25) is 9.59 Å². The molecule has 0 spiro atoms. The van der Waals surface area contributed by atoms with Crippen LogP contribution in [-0.4, -0.2) is 43.0 Å². The van der Waals surface area contributed by atoms with Gasteiger partial charge in [-0.2, -0.15) is 0 Å². The normalized spacial score (nSPS) is 15.7. The molecular formula is C27H24F2N2O4. The van der Waals surface area contributed by atoms with Gasteiger partial charge in [-0.15, -0.1) is 0 Å². The second-order valence-electron chi connectivity index (χ2n) is 8.72. The highest BCUT2D eigenvalue weighted by molar-refractivity contribution is 6.00. The Kier molecular flexibility index (Phi) is 6.35. The van der Waals surface area contributed by atoms with Gasteiger partial charge in [-0.1, -0.05) is 30.3 Å². The molecule has 35 heavy (non-hydrogen) atoms. The summed E-state index contributed by atoms with van der Waals surface area (Å²) in [5, 5.41) is 2.60. The predicted molar refractivity (Wildman–Crippen MR) is 126 cm³/mol. The Bertz CT molecular complexity index is 1260. The van der Waals surface area contributed by atoms with Crippen LogP contribution in [0.3, 0.4) is 0 Å². The lowest BCUT2D eigenvalue weighted by atomic mass is 9.97. The van der Waals surface area contributed by atoms with Crippen LogP contribution >= 0.6 is 0 Å². The van der Waals surface area contributed by atoms with E-state index in [0.29, 0.717) is 49.5 Å². The second kappa shape index (κ2) is 9.74. The number of halogens is 2. The topological polar surface area (TPSA) is 67.9 Å². The molecule has 0 saturated carbocycles. The van der Waals surface area contributed by atoms with Gasteiger partial charge in [-0.05, 0) is 48.6 Å². The number of rotatable bonds is 5. The molecule has 6 nitrogen and oxygen atoms in total. The van der Waals surface area contributed by atoms with Crippen molar-refractivity contribution in [2.45, 2.75) is 12.8 Å². The smallest absolute Gasteiger partial charge is 0.262 e. The average molecular weight is 478 g/mol. The van der Waals surface area contributed by atoms with E-state index in [-0.39, 0.29) is 35.6 Å². The summed E-state index contributed by atoms with van der Waals surface area (Å²) in [6, 6.07) is 16.4. The van der Waals surface area contributed by atoms with E-state index >= 15 is 0 Å². The van der Waals surface area contributed by atoms with Crippen molar-refractivity contribution in [3.05, 3.63) is 77.9 Å². The Morgan fingerprint density at radius 1 is 1.06 bits per heavy atom. The van der Waals surface area contributed by atoms with E-state index in [1.807, 2.05) is 30.3 Å². The number of hydrogen-bond donors (Lipinski definition) is 1. The van der Waals surface area contributed by atoms with E-state index in [2.05, 4.69) is 5.32 Å². The van der Waals surface area contributed by atoms with Crippen molar-refractivity contribution in [1.29, 1.82) is 0 Å². The Balaban J connectivity index is 1.21. The van der Waals surface area contributed by atoms with Crippen molar-refractivity contribution in [3.63, 3.8) is 0 Å². The van der Waals surface area contributed by atoms with E-state index < -0.39 is 11.7 Å². The zero-order chi connectivity index (χ0) is 24.4. The van der Waals surface area contributed by atoms with Gasteiger partial charge >= 0.3 is 0 Å². The van der Waals surface area contributed by atoms with Gasteiger partial charge in [0.1, 0.15) is 23.1 Å². The Hall–Kier alpha value is -3.94. The maximum atomic E-state index is 14.6. The first-order chi connectivity index (χ1) is 17.0. The van der Waals surface area contributed by atoms with Crippen LogP contribution in [0.4, 0.5) is 14.5 Å². The fourth-order valence-corrected chi connectivity index (χ4v) is 4.42. The van der Waals surface area contributed by atoms with E-state index in [0.717, 1.165) is 11.6 Å². The molecule has 2 amide bonds. The summed E-state index contributed by atoms with van der Waals surface area (Å²) >= 11 is 0. The van der Waals surface area contributed by atoms with Crippen molar-refractivity contribution in [2.24, 2.45) is 5.92 Å². The molecule has 1 N–H and O–H groups in total. The molecule has 1 saturated heterocycles. The van der Waals surface area contributed by atoms with Gasteiger partial charge in [0.2, 0.25) is 0 Å². The predicted octanol–water partition coefficient (Wildman–Crippen LogP) is 4.89. The zero-order valence-electron chi connectivity index (χ0n) is 18.9. The monoisotopic (exact) mass is 478 g/mol. The number of likely N-dealkylation sites (tertiary alicyclic amines) is 1. The molecule has 2 aliphatic rings. The number of ether oxygens (including phenoxy) is 2. The molecule has 0 unspecified atom stereocenters. The van der Waals surface area contributed by atoms with Crippen LogP contribution in [0.25, 0.3) is 11.1 Å². The highest BCUT2D eigenvalue weighted by Crippen LogP contribution is 2.33. The van der Waals surface area contributed by atoms with E-state index in [1.54, 1.807) is 11.0 Å². The number of benzene rings is 3. The van der Waals surface area contributed by atoms with Crippen LogP contribution in [0.2, 0.25) is 0 Å². The van der Waals surface area contributed by atoms with Gasteiger partial charge < -0.3 is 19.7 Å². The lowest BCUT2D eigenvalue weighted by Gasteiger charge is -2.32. The van der Waals surface area contributed by atoms with Crippen LogP contribution in [0.15, 0.2) is 60.7 Å². The van der Waals surface area contributed by atoms with Gasteiger partial charge in [0.25, 0.3) is 11.8 Å². The standard InChI is InChI=1S/C27H24F2N2O4/c28-19-6-7-24(20(12-19)18-4-2-1-3-5-18)34-15-17-8-10-31(11-9-17)27(33)21-13-23-25(14-22(21)29)35-16-26(32)30-23/h1-7,12-14,17H,8-11,15-16H2,(H,30,32). The minimum atomic E-state index is -0.680. The summed E-state index contributed by atoms with van der Waals surface area (Å²) in [4.78, 5) is 26.1. The van der Waals surface area contributed by atoms with Crippen LogP contribution in [0.5, 0.6) is 11.5 Å². The lowest BCUT2D eigenvalue weighted by Crippen LogP contribution is -2.40. The summed E-state index contributed by atoms with van der Waals surface area (Å²) in [5.41, 5.74) is 1.76. The molecule has 0 aliphatic carbocycles. The first kappa shape index (κ1) is 22.8. The molecule has 1 fully saturated rings. The first-order valence-corrected chi connectivity index (χ1v) is 11.5. The quantitative estimate of drug-likeness (QED) is 0.567. The molecule has 0 aromatic heterocycles. The Morgan fingerprint density at radius 2 is 1.83 bits per heavy atom. The summed E-state index contributed by atoms with van der Waals surface area (Å²) in [7, 11) is 0. The van der Waals surface area contributed by atoms with Crippen molar-refractivity contribution in [1.82, 2.24) is 4.90 Å². The Morgan fingerprint density at radius 3 is 2.60 bits per heavy atom. The Labute approximate surface area is 201 Å². The fraction of sp³-hybridized carbons (Fsp3) is 0.259. The highest BCUT2D eigenvalue weighted by atomic mass is 19.1. The number of carbonyl (C=O) groups excluding carboxylic acids is 2. The molecule has 2 aliphatic heterocycles. The third-order valence-electron chi connectivity index (χ3n) is 6.34. The van der Waals surface area contributed by atoms with E-state index in [9.17, 15) is 18.4 Å². The molecule has 0 radical (unpaired) electrons. The average Bonchev–Trinajstić information content (AvgIpc) is 2.88. The molecule has 5 rings (SSSR count). The molecule has 0 bridgehead atoms. The summed E-state index contributed by atoms with van der Waals surface area (Å²) in [6.07, 6.45) is 1.39. The number of anilines is 1. The van der Waals surface area contributed by atoms with Crippen molar-refractivity contribution in [3.8, 4) is 22.6 Å². The van der Waals surface area contributed by atoms with Gasteiger partial charge in [0.05, 0.1) is 17.9 Å². The number of fused-ring (bicyclic) bond motifs is 1. The molecular weight excluding hydrogens is 454 g/mol. The van der Waals surface area contributed by atoms with Crippen LogP contribution in [0, 0.1) is 17.6 Å². The molecule has 0 atom stereocenters. The largest absolute Gasteiger partial charge is 0.493 e. The van der Waals surface area contributed by atoms with Crippen LogP contribution in [-0.2, 0) is 4.79 Å². The summed E-state index contributed by atoms with van der Waals surface area (Å²) in [6.45, 7) is 1.17.